The lowest BCUT2D eigenvalue weighted by atomic mass is 9.99. The zero-order chi connectivity index (χ0) is 17.5. The minimum absolute atomic E-state index is 0.0939. The molecule has 0 aliphatic rings. The Hall–Kier alpha value is -1.74. The highest BCUT2D eigenvalue weighted by Crippen LogP contribution is 2.20. The molecule has 0 aliphatic heterocycles. The molecule has 1 atom stereocenters. The van der Waals surface area contributed by atoms with Gasteiger partial charge < -0.3 is 5.32 Å². The van der Waals surface area contributed by atoms with Crippen molar-refractivity contribution in [2.75, 3.05) is 5.75 Å². The fraction of sp³-hybridized carbons (Fsp3) is 0.381. The van der Waals surface area contributed by atoms with Gasteiger partial charge in [-0.3, -0.25) is 4.79 Å². The molecule has 0 saturated carbocycles. The molecule has 3 heteroatoms. The number of aryl methyl sites for hydroxylation is 3. The Morgan fingerprint density at radius 2 is 1.88 bits per heavy atom. The summed E-state index contributed by atoms with van der Waals surface area (Å²) in [5.74, 6) is 1.47. The Kier molecular flexibility index (Phi) is 6.92. The van der Waals surface area contributed by atoms with Crippen LogP contribution in [0.5, 0.6) is 0 Å². The van der Waals surface area contributed by atoms with Gasteiger partial charge in [-0.1, -0.05) is 55.0 Å². The molecular formula is C21H27NOS. The summed E-state index contributed by atoms with van der Waals surface area (Å²) in [5.41, 5.74) is 6.28. The highest BCUT2D eigenvalue weighted by atomic mass is 32.2. The summed E-state index contributed by atoms with van der Waals surface area (Å²) in [6.07, 6.45) is 0.900. The van der Waals surface area contributed by atoms with E-state index in [4.69, 9.17) is 0 Å². The number of thioether (sulfide) groups is 1. The topological polar surface area (TPSA) is 29.1 Å². The number of carbonyl (C=O) groups excluding carboxylic acids is 1. The van der Waals surface area contributed by atoms with Gasteiger partial charge >= 0.3 is 0 Å². The molecule has 0 unspecified atom stereocenters. The summed E-state index contributed by atoms with van der Waals surface area (Å²) in [5, 5.41) is 3.17. The molecule has 2 aromatic rings. The maximum Gasteiger partial charge on any atom is 0.230 e. The molecule has 0 fully saturated rings. The third-order valence-corrected chi connectivity index (χ3v) is 5.26. The van der Waals surface area contributed by atoms with Crippen molar-refractivity contribution < 1.29 is 4.79 Å². The predicted molar refractivity (Wildman–Crippen MR) is 104 cm³/mol. The third kappa shape index (κ3) is 5.41. The van der Waals surface area contributed by atoms with Crippen LogP contribution >= 0.6 is 11.8 Å². The SMILES string of the molecule is CC[C@H](NC(=O)CSCc1cccc(C)c1)c1ccc(C)c(C)c1. The van der Waals surface area contributed by atoms with Gasteiger partial charge in [0.1, 0.15) is 0 Å². The van der Waals surface area contributed by atoms with Crippen molar-refractivity contribution in [3.63, 3.8) is 0 Å². The zero-order valence-corrected chi connectivity index (χ0v) is 15.9. The smallest absolute Gasteiger partial charge is 0.230 e. The van der Waals surface area contributed by atoms with Crippen molar-refractivity contribution in [1.82, 2.24) is 5.32 Å². The molecule has 0 aromatic heterocycles. The van der Waals surface area contributed by atoms with Crippen molar-refractivity contribution in [1.29, 1.82) is 0 Å². The Balaban J connectivity index is 1.86. The van der Waals surface area contributed by atoms with E-state index in [2.05, 4.69) is 75.5 Å². The Bertz CT molecular complexity index is 696. The normalized spacial score (nSPS) is 12.0. The van der Waals surface area contributed by atoms with Gasteiger partial charge in [-0.15, -0.1) is 11.8 Å². The first-order chi connectivity index (χ1) is 11.5. The standard InChI is InChI=1S/C21H27NOS/c1-5-20(19-10-9-16(3)17(4)12-19)22-21(23)14-24-13-18-8-6-7-15(2)11-18/h6-12,20H,5,13-14H2,1-4H3,(H,22,23)/t20-/m0/s1. The van der Waals surface area contributed by atoms with Gasteiger partial charge in [0.25, 0.3) is 0 Å². The molecule has 0 spiro atoms. The highest BCUT2D eigenvalue weighted by molar-refractivity contribution is 7.99. The summed E-state index contributed by atoms with van der Waals surface area (Å²) in [4.78, 5) is 12.3. The average Bonchev–Trinajstić information content (AvgIpc) is 2.55. The molecule has 24 heavy (non-hydrogen) atoms. The zero-order valence-electron chi connectivity index (χ0n) is 15.1. The minimum Gasteiger partial charge on any atom is -0.349 e. The van der Waals surface area contributed by atoms with E-state index in [-0.39, 0.29) is 11.9 Å². The Morgan fingerprint density at radius 1 is 1.08 bits per heavy atom. The predicted octanol–water partition coefficient (Wildman–Crippen LogP) is 5.11. The summed E-state index contributed by atoms with van der Waals surface area (Å²) >= 11 is 1.66. The summed E-state index contributed by atoms with van der Waals surface area (Å²) in [6.45, 7) is 8.43. The first kappa shape index (κ1) is 18.6. The van der Waals surface area contributed by atoms with E-state index in [1.165, 1.54) is 27.8 Å². The maximum atomic E-state index is 12.3. The van der Waals surface area contributed by atoms with Gasteiger partial charge in [0, 0.05) is 5.75 Å². The lowest BCUT2D eigenvalue weighted by molar-refractivity contribution is -0.119. The van der Waals surface area contributed by atoms with Crippen molar-refractivity contribution in [3.05, 3.63) is 70.3 Å². The van der Waals surface area contributed by atoms with Crippen LogP contribution in [0.3, 0.4) is 0 Å². The Labute approximate surface area is 150 Å². The molecule has 0 bridgehead atoms. The fourth-order valence-electron chi connectivity index (χ4n) is 2.70. The minimum atomic E-state index is 0.0939. The lowest BCUT2D eigenvalue weighted by Crippen LogP contribution is -2.29. The first-order valence-corrected chi connectivity index (χ1v) is 9.65. The molecular weight excluding hydrogens is 314 g/mol. The number of rotatable bonds is 7. The fourth-order valence-corrected chi connectivity index (χ4v) is 3.49. The van der Waals surface area contributed by atoms with Gasteiger partial charge in [-0.2, -0.15) is 0 Å². The van der Waals surface area contributed by atoms with Crippen molar-refractivity contribution >= 4 is 17.7 Å². The van der Waals surface area contributed by atoms with Crippen LogP contribution in [-0.4, -0.2) is 11.7 Å². The molecule has 0 aliphatic carbocycles. The molecule has 2 aromatic carbocycles. The van der Waals surface area contributed by atoms with E-state index in [0.29, 0.717) is 5.75 Å². The average molecular weight is 342 g/mol. The number of carbonyl (C=O) groups is 1. The number of benzene rings is 2. The van der Waals surface area contributed by atoms with E-state index >= 15 is 0 Å². The van der Waals surface area contributed by atoms with Crippen molar-refractivity contribution in [3.8, 4) is 0 Å². The number of hydrogen-bond donors (Lipinski definition) is 1. The summed E-state index contributed by atoms with van der Waals surface area (Å²) in [6, 6.07) is 15.0. The van der Waals surface area contributed by atoms with Crippen molar-refractivity contribution in [2.45, 2.75) is 45.9 Å². The van der Waals surface area contributed by atoms with Gasteiger partial charge in [-0.05, 0) is 49.4 Å². The first-order valence-electron chi connectivity index (χ1n) is 8.49. The quantitative estimate of drug-likeness (QED) is 0.758. The van der Waals surface area contributed by atoms with Crippen LogP contribution in [0.4, 0.5) is 0 Å². The van der Waals surface area contributed by atoms with E-state index in [1.54, 1.807) is 11.8 Å². The van der Waals surface area contributed by atoms with E-state index in [0.717, 1.165) is 12.2 Å². The van der Waals surface area contributed by atoms with Gasteiger partial charge in [0.2, 0.25) is 5.91 Å². The number of hydrogen-bond acceptors (Lipinski definition) is 2. The third-order valence-electron chi connectivity index (χ3n) is 4.26. The Morgan fingerprint density at radius 3 is 2.54 bits per heavy atom. The second-order valence-electron chi connectivity index (χ2n) is 6.35. The highest BCUT2D eigenvalue weighted by Gasteiger charge is 2.13. The van der Waals surface area contributed by atoms with Crippen LogP contribution in [0.2, 0.25) is 0 Å². The van der Waals surface area contributed by atoms with Gasteiger partial charge in [0.15, 0.2) is 0 Å². The van der Waals surface area contributed by atoms with Crippen LogP contribution in [0.15, 0.2) is 42.5 Å². The molecule has 0 heterocycles. The van der Waals surface area contributed by atoms with E-state index < -0.39 is 0 Å². The molecule has 1 N–H and O–H groups in total. The molecule has 1 amide bonds. The van der Waals surface area contributed by atoms with Crippen LogP contribution < -0.4 is 5.32 Å². The maximum absolute atomic E-state index is 12.3. The number of amides is 1. The van der Waals surface area contributed by atoms with Crippen LogP contribution in [0.1, 0.15) is 47.2 Å². The summed E-state index contributed by atoms with van der Waals surface area (Å²) in [7, 11) is 0. The number of nitrogens with one attached hydrogen (secondary N) is 1. The molecule has 0 radical (unpaired) electrons. The van der Waals surface area contributed by atoms with E-state index in [1.807, 2.05) is 0 Å². The van der Waals surface area contributed by atoms with Gasteiger partial charge in [0.05, 0.1) is 11.8 Å². The molecule has 128 valence electrons. The summed E-state index contributed by atoms with van der Waals surface area (Å²) < 4.78 is 0. The van der Waals surface area contributed by atoms with Crippen LogP contribution in [0, 0.1) is 20.8 Å². The molecule has 2 rings (SSSR count). The van der Waals surface area contributed by atoms with Gasteiger partial charge in [-0.25, -0.2) is 0 Å². The second-order valence-corrected chi connectivity index (χ2v) is 7.34. The van der Waals surface area contributed by atoms with Crippen LogP contribution in [0.25, 0.3) is 0 Å². The molecule has 0 saturated heterocycles. The van der Waals surface area contributed by atoms with Crippen molar-refractivity contribution in [2.24, 2.45) is 0 Å². The monoisotopic (exact) mass is 341 g/mol. The van der Waals surface area contributed by atoms with E-state index in [9.17, 15) is 4.79 Å². The molecule has 2 nitrogen and oxygen atoms in total. The second kappa shape index (κ2) is 8.93. The largest absolute Gasteiger partial charge is 0.349 e. The lowest BCUT2D eigenvalue weighted by Gasteiger charge is -2.18. The van der Waals surface area contributed by atoms with Crippen LogP contribution in [-0.2, 0) is 10.5 Å².